The van der Waals surface area contributed by atoms with E-state index in [9.17, 15) is 0 Å². The van der Waals surface area contributed by atoms with E-state index in [1.54, 1.807) is 0 Å². The predicted octanol–water partition coefficient (Wildman–Crippen LogP) is 2.16. The van der Waals surface area contributed by atoms with E-state index in [1.165, 1.54) is 18.5 Å². The van der Waals surface area contributed by atoms with Crippen molar-refractivity contribution in [1.82, 2.24) is 0 Å². The number of oxime groups is 1. The molecule has 2 rings (SSSR count). The van der Waals surface area contributed by atoms with Gasteiger partial charge in [-0.05, 0) is 51.0 Å². The molecule has 1 aromatic rings. The van der Waals surface area contributed by atoms with E-state index in [1.807, 2.05) is 24.3 Å². The monoisotopic (exact) mass is 233 g/mol. The van der Waals surface area contributed by atoms with Crippen LogP contribution in [0.3, 0.4) is 0 Å². The molecule has 0 aliphatic carbocycles. The van der Waals surface area contributed by atoms with Gasteiger partial charge in [-0.3, -0.25) is 0 Å². The van der Waals surface area contributed by atoms with Gasteiger partial charge in [0, 0.05) is 23.3 Å². The predicted molar refractivity (Wildman–Crippen MR) is 69.6 cm³/mol. The molecular weight excluding hydrogens is 214 g/mol. The van der Waals surface area contributed by atoms with Crippen LogP contribution in [0.5, 0.6) is 0 Å². The highest BCUT2D eigenvalue weighted by Crippen LogP contribution is 2.33. The molecule has 3 N–H and O–H groups in total. The average molecular weight is 233 g/mol. The highest BCUT2D eigenvalue weighted by Gasteiger charge is 2.31. The number of amidine groups is 1. The van der Waals surface area contributed by atoms with Gasteiger partial charge in [0.2, 0.25) is 0 Å². The van der Waals surface area contributed by atoms with Crippen molar-refractivity contribution < 1.29 is 5.21 Å². The normalized spacial score (nSPS) is 19.6. The zero-order valence-electron chi connectivity index (χ0n) is 10.3. The number of nitrogens with zero attached hydrogens (tertiary/aromatic N) is 2. The summed E-state index contributed by atoms with van der Waals surface area (Å²) in [4.78, 5) is 2.41. The highest BCUT2D eigenvalue weighted by atomic mass is 16.4. The van der Waals surface area contributed by atoms with Gasteiger partial charge in [0.05, 0.1) is 0 Å². The summed E-state index contributed by atoms with van der Waals surface area (Å²) < 4.78 is 0. The Labute approximate surface area is 102 Å². The van der Waals surface area contributed by atoms with Crippen LogP contribution in [0.1, 0.15) is 32.3 Å². The summed E-state index contributed by atoms with van der Waals surface area (Å²) in [7, 11) is 0. The fraction of sp³-hybridized carbons (Fsp3) is 0.462. The number of benzene rings is 1. The molecule has 0 unspecified atom stereocenters. The summed E-state index contributed by atoms with van der Waals surface area (Å²) in [5.74, 6) is 0.150. The molecule has 17 heavy (non-hydrogen) atoms. The third-order valence-corrected chi connectivity index (χ3v) is 3.48. The molecule has 92 valence electrons. The largest absolute Gasteiger partial charge is 0.409 e. The lowest BCUT2D eigenvalue weighted by Crippen LogP contribution is -2.38. The van der Waals surface area contributed by atoms with Crippen LogP contribution in [0.25, 0.3) is 0 Å². The third-order valence-electron chi connectivity index (χ3n) is 3.48. The van der Waals surface area contributed by atoms with Crippen molar-refractivity contribution in [3.63, 3.8) is 0 Å². The van der Waals surface area contributed by atoms with Crippen molar-refractivity contribution in [2.45, 2.75) is 32.2 Å². The van der Waals surface area contributed by atoms with Gasteiger partial charge in [0.1, 0.15) is 0 Å². The molecule has 1 aliphatic heterocycles. The maximum absolute atomic E-state index is 8.60. The van der Waals surface area contributed by atoms with Gasteiger partial charge in [0.25, 0.3) is 0 Å². The second-order valence-corrected chi connectivity index (χ2v) is 5.10. The van der Waals surface area contributed by atoms with E-state index in [0.717, 1.165) is 12.1 Å². The molecule has 0 bridgehead atoms. The highest BCUT2D eigenvalue weighted by molar-refractivity contribution is 5.97. The molecule has 0 aromatic heterocycles. The molecule has 1 heterocycles. The summed E-state index contributed by atoms with van der Waals surface area (Å²) >= 11 is 0. The number of hydrogen-bond acceptors (Lipinski definition) is 3. The lowest BCUT2D eigenvalue weighted by molar-refractivity contribution is 0.318. The first-order valence-corrected chi connectivity index (χ1v) is 5.90. The molecule has 1 aromatic carbocycles. The Balaban J connectivity index is 2.24. The van der Waals surface area contributed by atoms with E-state index in [2.05, 4.69) is 23.9 Å². The van der Waals surface area contributed by atoms with E-state index >= 15 is 0 Å². The van der Waals surface area contributed by atoms with Crippen molar-refractivity contribution in [3.05, 3.63) is 29.8 Å². The molecule has 1 aliphatic rings. The smallest absolute Gasteiger partial charge is 0.170 e. The maximum Gasteiger partial charge on any atom is 0.170 e. The van der Waals surface area contributed by atoms with E-state index in [-0.39, 0.29) is 11.4 Å². The van der Waals surface area contributed by atoms with E-state index in [4.69, 9.17) is 10.9 Å². The molecule has 0 radical (unpaired) electrons. The first-order valence-electron chi connectivity index (χ1n) is 5.90. The van der Waals surface area contributed by atoms with Crippen LogP contribution < -0.4 is 10.6 Å². The summed E-state index contributed by atoms with van der Waals surface area (Å²) in [6.07, 6.45) is 2.45. The Morgan fingerprint density at radius 3 is 2.47 bits per heavy atom. The quantitative estimate of drug-likeness (QED) is 0.356. The van der Waals surface area contributed by atoms with Crippen molar-refractivity contribution in [3.8, 4) is 0 Å². The molecule has 4 nitrogen and oxygen atoms in total. The Morgan fingerprint density at radius 1 is 1.35 bits per heavy atom. The van der Waals surface area contributed by atoms with Crippen molar-refractivity contribution in [2.75, 3.05) is 11.4 Å². The second kappa shape index (κ2) is 4.28. The van der Waals surface area contributed by atoms with Crippen LogP contribution in [0, 0.1) is 0 Å². The van der Waals surface area contributed by atoms with Crippen LogP contribution in [-0.4, -0.2) is 23.1 Å². The molecule has 4 heteroatoms. The lowest BCUT2D eigenvalue weighted by atomic mass is 10.0. The fourth-order valence-electron chi connectivity index (χ4n) is 2.46. The third kappa shape index (κ3) is 2.20. The Bertz CT molecular complexity index is 423. The minimum atomic E-state index is 0.150. The SMILES string of the molecule is CC1(C)CCCN1c1ccc(C(N)=NO)cc1. The Hall–Kier alpha value is -1.71. The average Bonchev–Trinajstić information content (AvgIpc) is 2.68. The summed E-state index contributed by atoms with van der Waals surface area (Å²) in [5.41, 5.74) is 7.70. The van der Waals surface area contributed by atoms with E-state index < -0.39 is 0 Å². The fourth-order valence-corrected chi connectivity index (χ4v) is 2.46. The summed E-state index contributed by atoms with van der Waals surface area (Å²) in [5, 5.41) is 11.6. The standard InChI is InChI=1S/C13H19N3O/c1-13(2)8-3-9-16(13)11-6-4-10(5-7-11)12(14)15-17/h4-7,17H,3,8-9H2,1-2H3,(H2,14,15). The minimum absolute atomic E-state index is 0.150. The summed E-state index contributed by atoms with van der Waals surface area (Å²) in [6, 6.07) is 7.83. The number of nitrogens with two attached hydrogens (primary N) is 1. The maximum atomic E-state index is 8.60. The van der Waals surface area contributed by atoms with Gasteiger partial charge in [-0.25, -0.2) is 0 Å². The van der Waals surface area contributed by atoms with Crippen LogP contribution >= 0.6 is 0 Å². The zero-order chi connectivity index (χ0) is 12.5. The van der Waals surface area contributed by atoms with Gasteiger partial charge in [0.15, 0.2) is 5.84 Å². The van der Waals surface area contributed by atoms with Gasteiger partial charge < -0.3 is 15.8 Å². The molecule has 0 spiro atoms. The van der Waals surface area contributed by atoms with Gasteiger partial charge in [-0.2, -0.15) is 0 Å². The van der Waals surface area contributed by atoms with Gasteiger partial charge in [-0.1, -0.05) is 5.16 Å². The number of hydrogen-bond donors (Lipinski definition) is 2. The molecular formula is C13H19N3O. The van der Waals surface area contributed by atoms with Crippen LogP contribution in [0.15, 0.2) is 29.4 Å². The zero-order valence-corrected chi connectivity index (χ0v) is 10.3. The van der Waals surface area contributed by atoms with Crippen molar-refractivity contribution in [1.29, 1.82) is 0 Å². The Morgan fingerprint density at radius 2 is 2.00 bits per heavy atom. The first kappa shape index (κ1) is 11.8. The molecule has 0 amide bonds. The molecule has 0 saturated carbocycles. The molecule has 0 atom stereocenters. The number of anilines is 1. The minimum Gasteiger partial charge on any atom is -0.409 e. The van der Waals surface area contributed by atoms with Crippen molar-refractivity contribution >= 4 is 11.5 Å². The number of rotatable bonds is 2. The van der Waals surface area contributed by atoms with Crippen LogP contribution in [-0.2, 0) is 0 Å². The van der Waals surface area contributed by atoms with Crippen molar-refractivity contribution in [2.24, 2.45) is 10.9 Å². The Kier molecular flexibility index (Phi) is 2.96. The van der Waals surface area contributed by atoms with E-state index in [0.29, 0.717) is 0 Å². The van der Waals surface area contributed by atoms with Gasteiger partial charge >= 0.3 is 0 Å². The topological polar surface area (TPSA) is 61.8 Å². The molecule has 1 saturated heterocycles. The van der Waals surface area contributed by atoms with Crippen LogP contribution in [0.2, 0.25) is 0 Å². The van der Waals surface area contributed by atoms with Gasteiger partial charge in [-0.15, -0.1) is 0 Å². The van der Waals surface area contributed by atoms with Crippen LogP contribution in [0.4, 0.5) is 5.69 Å². The summed E-state index contributed by atoms with van der Waals surface area (Å²) in [6.45, 7) is 5.62. The first-order chi connectivity index (χ1) is 8.04. The second-order valence-electron chi connectivity index (χ2n) is 5.10. The lowest BCUT2D eigenvalue weighted by Gasteiger charge is -2.33. The molecule has 1 fully saturated rings.